The van der Waals surface area contributed by atoms with E-state index in [1.54, 1.807) is 46.6 Å². The van der Waals surface area contributed by atoms with Crippen molar-refractivity contribution in [1.82, 2.24) is 9.55 Å². The Morgan fingerprint density at radius 3 is 2.43 bits per heavy atom. The standard InChI is InChI=1S/C20H20N4O2S.C10H7ClO3S/c25-19-5-1-2-10-23(19)16-6-8-17(9-7-16)24-11-3-4-15(20(24)26)12-21-18-13-27-14-22-18;11-9-3-1-8-6-10(15(12,13)14)4-2-7(8)5-9/h1-2,5-10,13-15,21H,3-4,11-12H2;1-6H,(H,12,13,14). The van der Waals surface area contributed by atoms with Crippen LogP contribution in [0.25, 0.3) is 16.5 Å². The summed E-state index contributed by atoms with van der Waals surface area (Å²) in [4.78, 5) is 30.8. The predicted molar refractivity (Wildman–Crippen MR) is 166 cm³/mol. The van der Waals surface area contributed by atoms with Crippen LogP contribution < -0.4 is 15.8 Å². The van der Waals surface area contributed by atoms with Crippen LogP contribution >= 0.6 is 22.9 Å². The highest BCUT2D eigenvalue weighted by atomic mass is 35.5. The number of pyridine rings is 1. The van der Waals surface area contributed by atoms with Gasteiger partial charge in [0.2, 0.25) is 5.91 Å². The van der Waals surface area contributed by atoms with Crippen molar-refractivity contribution in [2.75, 3.05) is 23.3 Å². The number of nitrogens with one attached hydrogen (secondary N) is 1. The Kier molecular flexibility index (Phi) is 9.03. The molecule has 3 heterocycles. The van der Waals surface area contributed by atoms with Gasteiger partial charge in [0.15, 0.2) is 0 Å². The molecule has 1 fully saturated rings. The molecule has 2 N–H and O–H groups in total. The summed E-state index contributed by atoms with van der Waals surface area (Å²) in [7, 11) is -4.14. The van der Waals surface area contributed by atoms with Gasteiger partial charge in [-0.05, 0) is 78.2 Å². The minimum absolute atomic E-state index is 0.0585. The van der Waals surface area contributed by atoms with Crippen molar-refractivity contribution in [3.8, 4) is 5.69 Å². The fraction of sp³-hybridized carbons (Fsp3) is 0.167. The van der Waals surface area contributed by atoms with E-state index in [0.717, 1.165) is 47.4 Å². The Balaban J connectivity index is 0.000000199. The maximum atomic E-state index is 12.9. The molecule has 1 atom stereocenters. The summed E-state index contributed by atoms with van der Waals surface area (Å²) in [6.07, 6.45) is 3.59. The van der Waals surface area contributed by atoms with Gasteiger partial charge < -0.3 is 10.2 Å². The molecule has 0 spiro atoms. The van der Waals surface area contributed by atoms with Gasteiger partial charge in [-0.2, -0.15) is 8.42 Å². The molecule has 1 unspecified atom stereocenters. The van der Waals surface area contributed by atoms with Crippen molar-refractivity contribution in [3.63, 3.8) is 0 Å². The number of thiazole rings is 1. The monoisotopic (exact) mass is 622 g/mol. The molecule has 216 valence electrons. The number of piperidine rings is 1. The predicted octanol–water partition coefficient (Wildman–Crippen LogP) is 5.89. The van der Waals surface area contributed by atoms with E-state index in [-0.39, 0.29) is 22.3 Å². The molecule has 0 saturated carbocycles. The number of halogens is 1. The molecule has 0 radical (unpaired) electrons. The van der Waals surface area contributed by atoms with Crippen LogP contribution in [0.15, 0.2) is 106 Å². The van der Waals surface area contributed by atoms with Crippen LogP contribution in [-0.4, -0.2) is 41.5 Å². The average molecular weight is 623 g/mol. The summed E-state index contributed by atoms with van der Waals surface area (Å²) >= 11 is 7.31. The number of carbonyl (C=O) groups is 1. The number of benzene rings is 3. The number of anilines is 2. The lowest BCUT2D eigenvalue weighted by atomic mass is 9.96. The summed E-state index contributed by atoms with van der Waals surface area (Å²) in [5.74, 6) is 0.896. The van der Waals surface area contributed by atoms with Crippen LogP contribution in [0.4, 0.5) is 11.5 Å². The molecule has 1 aliphatic heterocycles. The molecule has 1 saturated heterocycles. The summed E-state index contributed by atoms with van der Waals surface area (Å²) in [5, 5.41) is 7.32. The minimum Gasteiger partial charge on any atom is -0.369 e. The summed E-state index contributed by atoms with van der Waals surface area (Å²) in [6.45, 7) is 1.31. The first-order chi connectivity index (χ1) is 20.2. The fourth-order valence-corrected chi connectivity index (χ4v) is 5.92. The second kappa shape index (κ2) is 12.9. The van der Waals surface area contributed by atoms with Gasteiger partial charge in [0.05, 0.1) is 16.3 Å². The minimum atomic E-state index is -4.14. The Hall–Kier alpha value is -4.03. The molecular formula is C30H27ClN4O5S2. The van der Waals surface area contributed by atoms with E-state index in [0.29, 0.717) is 11.6 Å². The number of aromatic nitrogens is 2. The number of nitrogens with zero attached hydrogens (tertiary/aromatic N) is 3. The Bertz CT molecular complexity index is 1860. The second-order valence-corrected chi connectivity index (χ2v) is 12.2. The number of hydrogen-bond acceptors (Lipinski definition) is 7. The van der Waals surface area contributed by atoms with Crippen molar-refractivity contribution >= 4 is 61.2 Å². The number of hydrogen-bond donors (Lipinski definition) is 2. The molecule has 0 aliphatic carbocycles. The maximum absolute atomic E-state index is 12.9. The van der Waals surface area contributed by atoms with Crippen LogP contribution in [-0.2, 0) is 14.9 Å². The van der Waals surface area contributed by atoms with Gasteiger partial charge in [-0.25, -0.2) is 4.98 Å². The smallest absolute Gasteiger partial charge is 0.294 e. The van der Waals surface area contributed by atoms with Crippen LogP contribution in [0.5, 0.6) is 0 Å². The van der Waals surface area contributed by atoms with E-state index in [9.17, 15) is 18.0 Å². The zero-order valence-corrected chi connectivity index (χ0v) is 24.6. The van der Waals surface area contributed by atoms with Crippen LogP contribution in [0.1, 0.15) is 12.8 Å². The van der Waals surface area contributed by atoms with Gasteiger partial charge >= 0.3 is 0 Å². The third-order valence-electron chi connectivity index (χ3n) is 6.85. The summed E-state index contributed by atoms with van der Waals surface area (Å²) in [6, 6.07) is 22.1. The van der Waals surface area contributed by atoms with Crippen molar-refractivity contribution in [2.45, 2.75) is 17.7 Å². The maximum Gasteiger partial charge on any atom is 0.294 e. The van der Waals surface area contributed by atoms with Crippen molar-refractivity contribution in [3.05, 3.63) is 111 Å². The Labute approximate surface area is 251 Å². The van der Waals surface area contributed by atoms with E-state index >= 15 is 0 Å². The summed E-state index contributed by atoms with van der Waals surface area (Å²) < 4.78 is 32.2. The van der Waals surface area contributed by atoms with Gasteiger partial charge in [-0.1, -0.05) is 29.8 Å². The lowest BCUT2D eigenvalue weighted by molar-refractivity contribution is -0.123. The van der Waals surface area contributed by atoms with Gasteiger partial charge in [0.25, 0.3) is 15.7 Å². The quantitative estimate of drug-likeness (QED) is 0.227. The van der Waals surface area contributed by atoms with Crippen LogP contribution in [0.2, 0.25) is 5.02 Å². The number of fused-ring (bicyclic) bond motifs is 1. The zero-order chi connectivity index (χ0) is 29.7. The Morgan fingerprint density at radius 2 is 1.71 bits per heavy atom. The van der Waals surface area contributed by atoms with E-state index in [1.807, 2.05) is 40.6 Å². The third kappa shape index (κ3) is 7.05. The molecule has 6 rings (SSSR count). The zero-order valence-electron chi connectivity index (χ0n) is 22.3. The van der Waals surface area contributed by atoms with Crippen molar-refractivity contribution in [1.29, 1.82) is 0 Å². The largest absolute Gasteiger partial charge is 0.369 e. The molecule has 1 amide bonds. The summed E-state index contributed by atoms with van der Waals surface area (Å²) in [5.41, 5.74) is 3.35. The SMILES string of the molecule is O=C1C(CNc2cscn2)CCCN1c1ccc(-n2ccccc2=O)cc1.O=S(=O)(O)c1ccc2cc(Cl)ccc2c1. The van der Waals surface area contributed by atoms with Crippen LogP contribution in [0.3, 0.4) is 0 Å². The first-order valence-corrected chi connectivity index (χ1v) is 15.8. The van der Waals surface area contributed by atoms with Gasteiger partial charge in [-0.15, -0.1) is 11.3 Å². The van der Waals surface area contributed by atoms with Crippen LogP contribution in [0, 0.1) is 5.92 Å². The highest BCUT2D eigenvalue weighted by molar-refractivity contribution is 7.85. The third-order valence-corrected chi connectivity index (χ3v) is 8.52. The number of rotatable bonds is 6. The van der Waals surface area contributed by atoms with Gasteiger partial charge in [0, 0.05) is 47.1 Å². The number of carbonyl (C=O) groups excluding carboxylic acids is 1. The lowest BCUT2D eigenvalue weighted by Gasteiger charge is -2.32. The fourth-order valence-electron chi connectivity index (χ4n) is 4.71. The van der Waals surface area contributed by atoms with Gasteiger partial charge in [-0.3, -0.25) is 18.7 Å². The second-order valence-electron chi connectivity index (χ2n) is 9.64. The molecule has 0 bridgehead atoms. The average Bonchev–Trinajstić information content (AvgIpc) is 3.50. The first kappa shape index (κ1) is 29.5. The molecule has 2 aromatic heterocycles. The molecule has 5 aromatic rings. The molecule has 9 nitrogen and oxygen atoms in total. The highest BCUT2D eigenvalue weighted by Crippen LogP contribution is 2.26. The number of amides is 1. The van der Waals surface area contributed by atoms with Gasteiger partial charge in [0.1, 0.15) is 5.82 Å². The van der Waals surface area contributed by atoms with Crippen molar-refractivity contribution < 1.29 is 17.8 Å². The molecule has 3 aromatic carbocycles. The Morgan fingerprint density at radius 1 is 0.976 bits per heavy atom. The lowest BCUT2D eigenvalue weighted by Crippen LogP contribution is -2.43. The molecular weight excluding hydrogens is 596 g/mol. The van der Waals surface area contributed by atoms with Crippen molar-refractivity contribution in [2.24, 2.45) is 5.92 Å². The molecule has 42 heavy (non-hydrogen) atoms. The van der Waals surface area contributed by atoms with E-state index in [4.69, 9.17) is 16.2 Å². The van der Waals surface area contributed by atoms with E-state index < -0.39 is 10.1 Å². The topological polar surface area (TPSA) is 122 Å². The first-order valence-electron chi connectivity index (χ1n) is 13.1. The normalized spacial score (nSPS) is 15.2. The highest BCUT2D eigenvalue weighted by Gasteiger charge is 2.29. The van der Waals surface area contributed by atoms with E-state index in [1.165, 1.54) is 29.5 Å². The molecule has 1 aliphatic rings. The van der Waals surface area contributed by atoms with E-state index in [2.05, 4.69) is 10.3 Å². The molecule has 12 heteroatoms.